The molecular weight excluding hydrogens is 481 g/mol. The molecule has 0 saturated carbocycles. The molecule has 0 unspecified atom stereocenters. The summed E-state index contributed by atoms with van der Waals surface area (Å²) in [6.45, 7) is 1.86. The second-order valence-corrected chi connectivity index (χ2v) is 8.95. The number of halogens is 3. The van der Waals surface area contributed by atoms with E-state index < -0.39 is 21.5 Å². The van der Waals surface area contributed by atoms with Crippen molar-refractivity contribution in [2.45, 2.75) is 11.8 Å². The van der Waals surface area contributed by atoms with Gasteiger partial charge in [0.05, 0.1) is 9.80 Å². The summed E-state index contributed by atoms with van der Waals surface area (Å²) in [4.78, 5) is 0.0370. The Morgan fingerprint density at radius 1 is 0.815 bits per heavy atom. The van der Waals surface area contributed by atoms with Gasteiger partial charge in [-0.2, -0.15) is 0 Å². The molecule has 0 aromatic heterocycles. The maximum absolute atomic E-state index is 13.8. The van der Waals surface area contributed by atoms with Crippen molar-refractivity contribution >= 4 is 40.9 Å². The van der Waals surface area contributed by atoms with Gasteiger partial charge in [-0.1, -0.05) is 42.0 Å². The largest absolute Gasteiger partial charge is 0.218 e. The molecule has 0 heterocycles. The van der Waals surface area contributed by atoms with E-state index in [-0.39, 0.29) is 15.4 Å². The summed E-state index contributed by atoms with van der Waals surface area (Å²) in [6.07, 6.45) is 0. The normalized spacial score (nSPS) is 12.6. The zero-order valence-corrected chi connectivity index (χ0v) is 17.3. The van der Waals surface area contributed by atoms with Crippen LogP contribution in [0.5, 0.6) is 0 Å². The van der Waals surface area contributed by atoms with Gasteiger partial charge in [0.25, 0.3) is 0 Å². The average molecular weight is 496 g/mol. The molecule has 3 aromatic rings. The molecule has 6 heteroatoms. The van der Waals surface area contributed by atoms with E-state index in [1.807, 2.05) is 29.5 Å². The van der Waals surface area contributed by atoms with Crippen molar-refractivity contribution in [3.63, 3.8) is 0 Å². The molecule has 3 rings (SSSR count). The minimum absolute atomic E-state index is 0.0583. The van der Waals surface area contributed by atoms with Gasteiger partial charge in [0.15, 0.2) is 0 Å². The van der Waals surface area contributed by atoms with Crippen LogP contribution in [0.25, 0.3) is 8.48 Å². The van der Waals surface area contributed by atoms with Crippen molar-refractivity contribution in [3.8, 4) is 0 Å². The topological polar surface area (TPSA) is 34.1 Å². The van der Waals surface area contributed by atoms with E-state index in [1.54, 1.807) is 18.2 Å². The molecule has 0 amide bonds. The van der Waals surface area contributed by atoms with Crippen LogP contribution >= 0.6 is 22.6 Å². The van der Waals surface area contributed by atoms with Crippen LogP contribution in [0.15, 0.2) is 77.7 Å². The molecule has 0 N–H and O–H groups in total. The molecular formula is C21H15F2IO2S. The monoisotopic (exact) mass is 496 g/mol. The maximum Gasteiger partial charge on any atom is 0.208 e. The molecule has 0 aliphatic heterocycles. The third kappa shape index (κ3) is 4.27. The number of rotatable bonds is 4. The van der Waals surface area contributed by atoms with Crippen molar-refractivity contribution < 1.29 is 17.2 Å². The molecule has 27 heavy (non-hydrogen) atoms. The van der Waals surface area contributed by atoms with Gasteiger partial charge in [-0.25, -0.2) is 17.2 Å². The highest BCUT2D eigenvalue weighted by molar-refractivity contribution is 14.1. The molecule has 3 aromatic carbocycles. The second-order valence-electron chi connectivity index (χ2n) is 5.98. The lowest BCUT2D eigenvalue weighted by Gasteiger charge is -2.14. The van der Waals surface area contributed by atoms with Crippen molar-refractivity contribution in [1.29, 1.82) is 0 Å². The van der Waals surface area contributed by atoms with Crippen LogP contribution in [0, 0.1) is 18.6 Å². The molecule has 0 saturated heterocycles. The smallest absolute Gasteiger partial charge is 0.208 e. The molecule has 0 aliphatic carbocycles. The molecule has 2 nitrogen and oxygen atoms in total. The van der Waals surface area contributed by atoms with Gasteiger partial charge in [0.1, 0.15) is 11.6 Å². The van der Waals surface area contributed by atoms with E-state index >= 15 is 0 Å². The summed E-state index contributed by atoms with van der Waals surface area (Å²) < 4.78 is 54.6. The quantitative estimate of drug-likeness (QED) is 0.328. The Hall–Kier alpha value is -2.06. The van der Waals surface area contributed by atoms with E-state index in [0.717, 1.165) is 5.56 Å². The Morgan fingerprint density at radius 2 is 1.33 bits per heavy atom. The Labute approximate surface area is 170 Å². The fraction of sp³-hybridized carbons (Fsp3) is 0.0476. The minimum Gasteiger partial charge on any atom is -0.218 e. The third-order valence-corrected chi connectivity index (χ3v) is 7.36. The molecule has 0 radical (unpaired) electrons. The molecule has 0 fully saturated rings. The van der Waals surface area contributed by atoms with Crippen LogP contribution < -0.4 is 0 Å². The summed E-state index contributed by atoms with van der Waals surface area (Å²) in [5, 5.41) is 0. The maximum atomic E-state index is 13.8. The molecule has 0 aliphatic rings. The predicted octanol–water partition coefficient (Wildman–Crippen LogP) is 6.01. The van der Waals surface area contributed by atoms with E-state index in [1.165, 1.54) is 54.6 Å². The summed E-state index contributed by atoms with van der Waals surface area (Å²) in [5.74, 6) is -1.03. The Balaban J connectivity index is 2.31. The zero-order chi connectivity index (χ0) is 19.6. The first-order chi connectivity index (χ1) is 12.8. The first-order valence-electron chi connectivity index (χ1n) is 8.02. The van der Waals surface area contributed by atoms with Gasteiger partial charge in [-0.3, -0.25) is 0 Å². The lowest BCUT2D eigenvalue weighted by Crippen LogP contribution is -2.06. The zero-order valence-electron chi connectivity index (χ0n) is 14.3. The van der Waals surface area contributed by atoms with Crippen LogP contribution in [0.4, 0.5) is 8.78 Å². The highest BCUT2D eigenvalue weighted by Crippen LogP contribution is 2.39. The SMILES string of the molecule is Cc1ccc(S(=O)(=O)/C(=C(/I)c2cccc(F)c2)c2cccc(F)c2)cc1. The van der Waals surface area contributed by atoms with Crippen LogP contribution in [0.1, 0.15) is 16.7 Å². The third-order valence-electron chi connectivity index (χ3n) is 3.96. The van der Waals surface area contributed by atoms with E-state index in [0.29, 0.717) is 9.14 Å². The van der Waals surface area contributed by atoms with Crippen LogP contribution in [0.2, 0.25) is 0 Å². The number of aryl methyl sites for hydroxylation is 1. The first-order valence-corrected chi connectivity index (χ1v) is 10.6. The van der Waals surface area contributed by atoms with Crippen molar-refractivity contribution in [2.75, 3.05) is 0 Å². The van der Waals surface area contributed by atoms with Gasteiger partial charge in [-0.05, 0) is 77.0 Å². The summed E-state index contributed by atoms with van der Waals surface area (Å²) in [6, 6.07) is 17.5. The van der Waals surface area contributed by atoms with Crippen LogP contribution in [0.3, 0.4) is 0 Å². The second kappa shape index (κ2) is 7.90. The van der Waals surface area contributed by atoms with Gasteiger partial charge in [0.2, 0.25) is 9.84 Å². The average Bonchev–Trinajstić information content (AvgIpc) is 2.62. The lowest BCUT2D eigenvalue weighted by molar-refractivity contribution is 0.605. The number of hydrogen-bond acceptors (Lipinski definition) is 2. The summed E-state index contributed by atoms with van der Waals surface area (Å²) >= 11 is 1.87. The van der Waals surface area contributed by atoms with Crippen molar-refractivity contribution in [1.82, 2.24) is 0 Å². The summed E-state index contributed by atoms with van der Waals surface area (Å²) in [5.41, 5.74) is 1.54. The molecule has 0 spiro atoms. The van der Waals surface area contributed by atoms with Crippen molar-refractivity contribution in [3.05, 3.63) is 101 Å². The van der Waals surface area contributed by atoms with E-state index in [2.05, 4.69) is 0 Å². The van der Waals surface area contributed by atoms with Gasteiger partial charge in [-0.15, -0.1) is 0 Å². The highest BCUT2D eigenvalue weighted by Gasteiger charge is 2.26. The van der Waals surface area contributed by atoms with Crippen molar-refractivity contribution in [2.24, 2.45) is 0 Å². The van der Waals surface area contributed by atoms with Gasteiger partial charge in [0, 0.05) is 3.58 Å². The number of benzene rings is 3. The Bertz CT molecular complexity index is 1120. The first kappa shape index (κ1) is 19.7. The number of hydrogen-bond donors (Lipinski definition) is 0. The fourth-order valence-electron chi connectivity index (χ4n) is 2.62. The lowest BCUT2D eigenvalue weighted by atomic mass is 10.1. The minimum atomic E-state index is -3.96. The van der Waals surface area contributed by atoms with Gasteiger partial charge >= 0.3 is 0 Å². The molecule has 0 bridgehead atoms. The fourth-order valence-corrected chi connectivity index (χ4v) is 5.66. The van der Waals surface area contributed by atoms with Gasteiger partial charge < -0.3 is 0 Å². The molecule has 138 valence electrons. The van der Waals surface area contributed by atoms with Crippen LogP contribution in [-0.4, -0.2) is 8.42 Å². The Morgan fingerprint density at radius 3 is 1.89 bits per heavy atom. The Kier molecular flexibility index (Phi) is 5.76. The number of sulfone groups is 1. The standard InChI is InChI=1S/C21H15F2IO2S/c1-14-8-10-19(11-9-14)27(25,26)21(16-5-3-7-18(23)13-16)20(24)15-4-2-6-17(22)12-15/h2-13H,1H3/b21-20+. The predicted molar refractivity (Wildman–Crippen MR) is 112 cm³/mol. The molecule has 0 atom stereocenters. The van der Waals surface area contributed by atoms with Crippen LogP contribution in [-0.2, 0) is 9.84 Å². The highest BCUT2D eigenvalue weighted by atomic mass is 127. The summed E-state index contributed by atoms with van der Waals surface area (Å²) in [7, 11) is -3.96. The van der Waals surface area contributed by atoms with E-state index in [9.17, 15) is 17.2 Å². The van der Waals surface area contributed by atoms with E-state index in [4.69, 9.17) is 0 Å².